The van der Waals surface area contributed by atoms with Gasteiger partial charge in [0.15, 0.2) is 0 Å². The van der Waals surface area contributed by atoms with Crippen LogP contribution in [-0.4, -0.2) is 42.1 Å². The van der Waals surface area contributed by atoms with E-state index in [1.807, 2.05) is 0 Å². The monoisotopic (exact) mass is 320 g/mol. The smallest absolute Gasteiger partial charge is 0.316 e. The van der Waals surface area contributed by atoms with E-state index in [9.17, 15) is 13.6 Å². The molecule has 1 N–H and O–H groups in total. The van der Waals surface area contributed by atoms with Crippen molar-refractivity contribution >= 4 is 5.69 Å². The second kappa shape index (κ2) is 5.31. The van der Waals surface area contributed by atoms with Crippen molar-refractivity contribution in [3.63, 3.8) is 0 Å². The van der Waals surface area contributed by atoms with Gasteiger partial charge >= 0.3 is 5.56 Å². The van der Waals surface area contributed by atoms with E-state index in [-0.39, 0.29) is 17.5 Å². The Labute approximate surface area is 130 Å². The molecule has 0 amide bonds. The maximum Gasteiger partial charge on any atom is 0.316 e. The van der Waals surface area contributed by atoms with Gasteiger partial charge in [0.1, 0.15) is 23.9 Å². The van der Waals surface area contributed by atoms with Crippen LogP contribution < -0.4 is 20.5 Å². The second-order valence-electron chi connectivity index (χ2n) is 5.57. The summed E-state index contributed by atoms with van der Waals surface area (Å²) in [6, 6.07) is 3.01. The zero-order chi connectivity index (χ0) is 16.0. The lowest BCUT2D eigenvalue weighted by atomic mass is 10.1. The summed E-state index contributed by atoms with van der Waals surface area (Å²) < 4.78 is 33.3. The van der Waals surface area contributed by atoms with Crippen LogP contribution in [0.1, 0.15) is 0 Å². The van der Waals surface area contributed by atoms with E-state index in [0.29, 0.717) is 12.3 Å². The lowest BCUT2D eigenvalue weighted by Crippen LogP contribution is -2.56. The van der Waals surface area contributed by atoms with Gasteiger partial charge in [-0.05, 0) is 12.1 Å². The molecule has 0 bridgehead atoms. The molecule has 2 aromatic rings. The molecule has 23 heavy (non-hydrogen) atoms. The first-order chi connectivity index (χ1) is 11.1. The van der Waals surface area contributed by atoms with Gasteiger partial charge in [0.25, 0.3) is 0 Å². The third kappa shape index (κ3) is 2.35. The van der Waals surface area contributed by atoms with Crippen LogP contribution in [-0.2, 0) is 0 Å². The average Bonchev–Trinajstić information content (AvgIpc) is 2.54. The van der Waals surface area contributed by atoms with Crippen molar-refractivity contribution in [1.82, 2.24) is 15.1 Å². The summed E-state index contributed by atoms with van der Waals surface area (Å²) in [5.74, 6) is -1.37. The Morgan fingerprint density at radius 1 is 1.26 bits per heavy atom. The van der Waals surface area contributed by atoms with E-state index in [4.69, 9.17) is 4.74 Å². The Hall–Kier alpha value is -2.48. The molecule has 1 unspecified atom stereocenters. The zero-order valence-corrected chi connectivity index (χ0v) is 12.1. The Balaban J connectivity index is 1.82. The largest absolute Gasteiger partial charge is 0.484 e. The normalized spacial score (nSPS) is 19.7. The number of benzene rings is 1. The first-order valence-corrected chi connectivity index (χ1v) is 7.32. The summed E-state index contributed by atoms with van der Waals surface area (Å²) in [5.41, 5.74) is 0.131. The second-order valence-corrected chi connectivity index (χ2v) is 5.57. The standard InChI is InChI=1S/C15H14F2N4O2/c16-9-3-10(17)5-11(4-9)21-15(22)14-13(7-19-21)20-2-1-18-6-12(20)8-23-14/h3-5,7,12,18H,1-2,6,8H2. The highest BCUT2D eigenvalue weighted by atomic mass is 19.1. The van der Waals surface area contributed by atoms with Crippen molar-refractivity contribution in [2.24, 2.45) is 0 Å². The topological polar surface area (TPSA) is 59.4 Å². The maximum absolute atomic E-state index is 13.4. The molecule has 0 radical (unpaired) electrons. The molecule has 120 valence electrons. The van der Waals surface area contributed by atoms with E-state index >= 15 is 0 Å². The summed E-state index contributed by atoms with van der Waals surface area (Å²) in [5, 5.41) is 7.33. The lowest BCUT2D eigenvalue weighted by Gasteiger charge is -2.41. The first-order valence-electron chi connectivity index (χ1n) is 7.32. The van der Waals surface area contributed by atoms with Crippen molar-refractivity contribution in [3.8, 4) is 11.4 Å². The minimum atomic E-state index is -0.769. The molecule has 4 rings (SSSR count). The molecule has 0 aliphatic carbocycles. The van der Waals surface area contributed by atoms with Gasteiger partial charge in [0, 0.05) is 25.7 Å². The van der Waals surface area contributed by atoms with Crippen molar-refractivity contribution in [3.05, 3.63) is 46.4 Å². The van der Waals surface area contributed by atoms with E-state index in [2.05, 4.69) is 15.3 Å². The molecule has 1 fully saturated rings. The van der Waals surface area contributed by atoms with Crippen LogP contribution in [0.3, 0.4) is 0 Å². The van der Waals surface area contributed by atoms with Crippen molar-refractivity contribution in [2.45, 2.75) is 6.04 Å². The molecule has 1 atom stereocenters. The zero-order valence-electron chi connectivity index (χ0n) is 12.1. The number of hydrogen-bond donors (Lipinski definition) is 1. The van der Waals surface area contributed by atoms with Crippen LogP contribution >= 0.6 is 0 Å². The van der Waals surface area contributed by atoms with Crippen LogP contribution in [0.15, 0.2) is 29.2 Å². The number of aromatic nitrogens is 2. The number of ether oxygens (including phenoxy) is 1. The predicted octanol–water partition coefficient (Wildman–Crippen LogP) is 0.681. The number of nitrogens with one attached hydrogen (secondary N) is 1. The average molecular weight is 320 g/mol. The fraction of sp³-hybridized carbons (Fsp3) is 0.333. The summed E-state index contributed by atoms with van der Waals surface area (Å²) in [7, 11) is 0. The summed E-state index contributed by atoms with van der Waals surface area (Å²) in [4.78, 5) is 14.7. The number of rotatable bonds is 1. The molecule has 1 aromatic carbocycles. The Morgan fingerprint density at radius 3 is 2.83 bits per heavy atom. The summed E-state index contributed by atoms with van der Waals surface area (Å²) >= 11 is 0. The minimum absolute atomic E-state index is 0.0290. The SMILES string of the molecule is O=c1c2c(cnn1-c1cc(F)cc(F)c1)N1CCNCC1CO2. The Bertz CT molecular complexity index is 803. The van der Waals surface area contributed by atoms with Crippen LogP contribution in [0.5, 0.6) is 5.75 Å². The molecule has 0 spiro atoms. The number of hydrogen-bond acceptors (Lipinski definition) is 5. The van der Waals surface area contributed by atoms with Crippen molar-refractivity contribution in [1.29, 1.82) is 0 Å². The summed E-state index contributed by atoms with van der Waals surface area (Å²) in [6.07, 6.45) is 1.51. The van der Waals surface area contributed by atoms with Gasteiger partial charge in [-0.2, -0.15) is 9.78 Å². The van der Waals surface area contributed by atoms with Gasteiger partial charge in [-0.25, -0.2) is 8.78 Å². The molecular weight excluding hydrogens is 306 g/mol. The maximum atomic E-state index is 13.4. The minimum Gasteiger partial charge on any atom is -0.484 e. The number of halogens is 2. The van der Waals surface area contributed by atoms with Crippen LogP contribution in [0, 0.1) is 11.6 Å². The van der Waals surface area contributed by atoms with Gasteiger partial charge < -0.3 is 15.0 Å². The van der Waals surface area contributed by atoms with Crippen LogP contribution in [0.25, 0.3) is 5.69 Å². The lowest BCUT2D eigenvalue weighted by molar-refractivity contribution is 0.241. The van der Waals surface area contributed by atoms with E-state index in [0.717, 1.165) is 42.5 Å². The van der Waals surface area contributed by atoms with E-state index in [1.165, 1.54) is 6.20 Å². The Kier molecular flexibility index (Phi) is 3.26. The molecule has 1 aromatic heterocycles. The van der Waals surface area contributed by atoms with Crippen molar-refractivity contribution in [2.75, 3.05) is 31.1 Å². The third-order valence-electron chi connectivity index (χ3n) is 4.09. The number of anilines is 1. The van der Waals surface area contributed by atoms with Gasteiger partial charge in [-0.1, -0.05) is 0 Å². The molecule has 2 aliphatic rings. The number of piperazine rings is 1. The van der Waals surface area contributed by atoms with Gasteiger partial charge in [-0.15, -0.1) is 0 Å². The number of fused-ring (bicyclic) bond motifs is 3. The fourth-order valence-corrected chi connectivity index (χ4v) is 3.02. The molecule has 8 heteroatoms. The quantitative estimate of drug-likeness (QED) is 0.837. The number of nitrogens with zero attached hydrogens (tertiary/aromatic N) is 3. The Morgan fingerprint density at radius 2 is 2.04 bits per heavy atom. The molecule has 2 aliphatic heterocycles. The van der Waals surface area contributed by atoms with Crippen molar-refractivity contribution < 1.29 is 13.5 Å². The fourth-order valence-electron chi connectivity index (χ4n) is 3.02. The molecule has 6 nitrogen and oxygen atoms in total. The molecule has 0 saturated carbocycles. The first kappa shape index (κ1) is 14.1. The van der Waals surface area contributed by atoms with Gasteiger partial charge in [0.2, 0.25) is 5.75 Å². The van der Waals surface area contributed by atoms with Gasteiger partial charge in [-0.3, -0.25) is 4.79 Å². The molecular formula is C15H14F2N4O2. The van der Waals surface area contributed by atoms with E-state index in [1.54, 1.807) is 0 Å². The van der Waals surface area contributed by atoms with E-state index < -0.39 is 17.2 Å². The molecule has 1 saturated heterocycles. The predicted molar refractivity (Wildman–Crippen MR) is 79.2 cm³/mol. The molecule has 3 heterocycles. The van der Waals surface area contributed by atoms with Crippen LogP contribution in [0.2, 0.25) is 0 Å². The highest BCUT2D eigenvalue weighted by molar-refractivity contribution is 5.59. The highest BCUT2D eigenvalue weighted by Crippen LogP contribution is 2.30. The van der Waals surface area contributed by atoms with Gasteiger partial charge in [0.05, 0.1) is 17.9 Å². The summed E-state index contributed by atoms with van der Waals surface area (Å²) in [6.45, 7) is 2.73. The van der Waals surface area contributed by atoms with Crippen LogP contribution in [0.4, 0.5) is 14.5 Å². The highest BCUT2D eigenvalue weighted by Gasteiger charge is 2.32. The third-order valence-corrected chi connectivity index (χ3v) is 4.09.